The highest BCUT2D eigenvalue weighted by atomic mass is 19.4. The van der Waals surface area contributed by atoms with Gasteiger partial charge in [-0.15, -0.1) is 0 Å². The van der Waals surface area contributed by atoms with E-state index < -0.39 is 52.0 Å². The van der Waals surface area contributed by atoms with Gasteiger partial charge in [0.2, 0.25) is 0 Å². The molecule has 0 aliphatic rings. The highest BCUT2D eigenvalue weighted by molar-refractivity contribution is 5.83. The van der Waals surface area contributed by atoms with Crippen LogP contribution in [-0.4, -0.2) is 16.4 Å². The lowest BCUT2D eigenvalue weighted by Gasteiger charge is -2.18. The molecule has 1 aromatic heterocycles. The van der Waals surface area contributed by atoms with E-state index in [4.69, 9.17) is 0 Å². The summed E-state index contributed by atoms with van der Waals surface area (Å²) in [5.41, 5.74) is -3.71. The minimum atomic E-state index is -6.17. The van der Waals surface area contributed by atoms with Gasteiger partial charge in [0, 0.05) is 0 Å². The Labute approximate surface area is 103 Å². The molecule has 2 nitrogen and oxygen atoms in total. The number of nitrogens with one attached hydrogen (secondary N) is 1. The monoisotopic (exact) mass is 308 g/mol. The van der Waals surface area contributed by atoms with E-state index in [2.05, 4.69) is 5.10 Å². The molecule has 0 unspecified atom stereocenters. The predicted molar refractivity (Wildman–Crippen MR) is 45.9 cm³/mol. The number of hydrogen-bond donors (Lipinski definition) is 1. The van der Waals surface area contributed by atoms with Crippen molar-refractivity contribution < 1.29 is 39.5 Å². The summed E-state index contributed by atoms with van der Waals surface area (Å²) >= 11 is 0. The van der Waals surface area contributed by atoms with Gasteiger partial charge in [0.15, 0.2) is 23.3 Å². The molecule has 0 aliphatic heterocycles. The van der Waals surface area contributed by atoms with Crippen molar-refractivity contribution >= 4 is 10.9 Å². The molecular formula is C9HF9N2. The molecule has 2 rings (SSSR count). The Kier molecular flexibility index (Phi) is 2.91. The number of fused-ring (bicyclic) bond motifs is 1. The molecule has 0 radical (unpaired) electrons. The highest BCUT2D eigenvalue weighted by Crippen LogP contribution is 2.46. The largest absolute Gasteiger partial charge is 0.459 e. The van der Waals surface area contributed by atoms with Crippen molar-refractivity contribution in [2.24, 2.45) is 0 Å². The second-order valence-electron chi connectivity index (χ2n) is 3.65. The molecule has 0 amide bonds. The first-order chi connectivity index (χ1) is 9.00. The van der Waals surface area contributed by atoms with E-state index in [0.29, 0.717) is 0 Å². The Morgan fingerprint density at radius 3 is 1.75 bits per heavy atom. The maximum atomic E-state index is 13.3. The number of hydrogen-bond acceptors (Lipinski definition) is 1. The number of aromatic amines is 1. The zero-order valence-electron chi connectivity index (χ0n) is 8.85. The Morgan fingerprint density at radius 1 is 0.750 bits per heavy atom. The van der Waals surface area contributed by atoms with Gasteiger partial charge in [0.05, 0.1) is 5.39 Å². The van der Waals surface area contributed by atoms with Crippen LogP contribution in [0, 0.1) is 23.3 Å². The van der Waals surface area contributed by atoms with Crippen molar-refractivity contribution in [1.82, 2.24) is 10.2 Å². The maximum absolute atomic E-state index is 13.3. The van der Waals surface area contributed by atoms with Crippen molar-refractivity contribution in [1.29, 1.82) is 0 Å². The normalized spacial score (nSPS) is 13.2. The molecule has 1 aromatic carbocycles. The first-order valence-corrected chi connectivity index (χ1v) is 4.65. The second kappa shape index (κ2) is 4.03. The molecule has 0 saturated heterocycles. The number of aromatic nitrogens is 2. The van der Waals surface area contributed by atoms with E-state index in [1.807, 2.05) is 0 Å². The molecule has 0 fully saturated rings. The molecule has 0 bridgehead atoms. The van der Waals surface area contributed by atoms with Crippen LogP contribution in [0.4, 0.5) is 39.5 Å². The number of H-pyrrole nitrogens is 1. The Bertz CT molecular complexity index is 685. The van der Waals surface area contributed by atoms with Crippen LogP contribution in [-0.2, 0) is 5.92 Å². The fourth-order valence-electron chi connectivity index (χ4n) is 1.49. The molecule has 1 N–H and O–H groups in total. The Morgan fingerprint density at radius 2 is 1.25 bits per heavy atom. The van der Waals surface area contributed by atoms with Crippen molar-refractivity contribution in [2.45, 2.75) is 12.1 Å². The third-order valence-corrected chi connectivity index (χ3v) is 2.44. The Balaban J connectivity index is 2.89. The zero-order chi connectivity index (χ0) is 15.5. The lowest BCUT2D eigenvalue weighted by molar-refractivity contribution is -0.290. The average molecular weight is 308 g/mol. The molecule has 0 saturated carbocycles. The summed E-state index contributed by atoms with van der Waals surface area (Å²) in [6, 6.07) is 0. The Hall–Kier alpha value is -1.94. The summed E-state index contributed by atoms with van der Waals surface area (Å²) in [5, 5.41) is 1.90. The van der Waals surface area contributed by atoms with Crippen LogP contribution in [0.2, 0.25) is 0 Å². The van der Waals surface area contributed by atoms with E-state index in [9.17, 15) is 39.5 Å². The summed E-state index contributed by atoms with van der Waals surface area (Å²) in [5.74, 6) is -15.1. The fraction of sp³-hybridized carbons (Fsp3) is 0.222. The minimum Gasteiger partial charge on any atom is -0.275 e. The minimum absolute atomic E-state index is 1.06. The molecular weight excluding hydrogens is 307 g/mol. The standard InChI is InChI=1S/C9HF9N2/c10-2-1-6(5(13)4(12)3(2)11)19-20-7(1)8(14,15)9(16,17)18/h(H,19,20). The van der Waals surface area contributed by atoms with Crippen LogP contribution in [0.25, 0.3) is 10.9 Å². The van der Waals surface area contributed by atoms with Gasteiger partial charge in [0.1, 0.15) is 11.2 Å². The number of benzene rings is 1. The molecule has 0 atom stereocenters. The third kappa shape index (κ3) is 1.72. The molecule has 0 aliphatic carbocycles. The van der Waals surface area contributed by atoms with Gasteiger partial charge in [-0.25, -0.2) is 17.6 Å². The van der Waals surface area contributed by atoms with Crippen molar-refractivity contribution in [2.75, 3.05) is 0 Å². The lowest BCUT2D eigenvalue weighted by Crippen LogP contribution is -2.34. The van der Waals surface area contributed by atoms with Gasteiger partial charge in [-0.05, 0) is 0 Å². The van der Waals surface area contributed by atoms with Crippen molar-refractivity contribution in [3.63, 3.8) is 0 Å². The summed E-state index contributed by atoms with van der Waals surface area (Å²) in [6.45, 7) is 0. The first-order valence-electron chi connectivity index (χ1n) is 4.65. The summed E-state index contributed by atoms with van der Waals surface area (Å²) in [4.78, 5) is 0. The predicted octanol–water partition coefficient (Wildman–Crippen LogP) is 3.77. The maximum Gasteiger partial charge on any atom is 0.459 e. The number of nitrogens with zero attached hydrogens (tertiary/aromatic N) is 1. The van der Waals surface area contributed by atoms with E-state index in [-0.39, 0.29) is 0 Å². The van der Waals surface area contributed by atoms with Gasteiger partial charge < -0.3 is 0 Å². The number of alkyl halides is 5. The van der Waals surface area contributed by atoms with Gasteiger partial charge >= 0.3 is 12.1 Å². The van der Waals surface area contributed by atoms with Gasteiger partial charge in [-0.3, -0.25) is 5.10 Å². The number of halogens is 9. The quantitative estimate of drug-likeness (QED) is 0.485. The fourth-order valence-corrected chi connectivity index (χ4v) is 1.49. The van der Waals surface area contributed by atoms with Crippen LogP contribution in [0.5, 0.6) is 0 Å². The molecule has 0 spiro atoms. The molecule has 20 heavy (non-hydrogen) atoms. The molecule has 11 heteroatoms. The topological polar surface area (TPSA) is 28.7 Å². The van der Waals surface area contributed by atoms with Crippen LogP contribution in [0.1, 0.15) is 5.69 Å². The summed E-state index contributed by atoms with van der Waals surface area (Å²) in [7, 11) is 0. The molecule has 2 aromatic rings. The van der Waals surface area contributed by atoms with Crippen molar-refractivity contribution in [3.8, 4) is 0 Å². The highest BCUT2D eigenvalue weighted by Gasteiger charge is 2.61. The van der Waals surface area contributed by atoms with E-state index in [0.717, 1.165) is 5.10 Å². The van der Waals surface area contributed by atoms with Gasteiger partial charge in [-0.1, -0.05) is 0 Å². The summed E-state index contributed by atoms with van der Waals surface area (Å²) in [6.07, 6.45) is -6.17. The zero-order valence-corrected chi connectivity index (χ0v) is 8.85. The van der Waals surface area contributed by atoms with Crippen LogP contribution in [0.3, 0.4) is 0 Å². The van der Waals surface area contributed by atoms with Crippen LogP contribution < -0.4 is 0 Å². The molecule has 1 heterocycles. The van der Waals surface area contributed by atoms with E-state index in [1.54, 1.807) is 0 Å². The average Bonchev–Trinajstić information content (AvgIpc) is 2.77. The SMILES string of the molecule is Fc1c(F)c(F)c2c(C(F)(F)C(F)(F)F)[nH]nc2c1F. The summed E-state index contributed by atoms with van der Waals surface area (Å²) < 4.78 is 115. The number of rotatable bonds is 1. The van der Waals surface area contributed by atoms with Crippen LogP contribution in [0.15, 0.2) is 0 Å². The van der Waals surface area contributed by atoms with Gasteiger partial charge in [-0.2, -0.15) is 27.1 Å². The van der Waals surface area contributed by atoms with Crippen molar-refractivity contribution in [3.05, 3.63) is 29.0 Å². The molecule has 110 valence electrons. The lowest BCUT2D eigenvalue weighted by atomic mass is 10.1. The van der Waals surface area contributed by atoms with E-state index in [1.165, 1.54) is 0 Å². The van der Waals surface area contributed by atoms with E-state index >= 15 is 0 Å². The second-order valence-corrected chi connectivity index (χ2v) is 3.65. The van der Waals surface area contributed by atoms with Gasteiger partial charge in [0.25, 0.3) is 0 Å². The first kappa shape index (κ1) is 14.5. The third-order valence-electron chi connectivity index (χ3n) is 2.44. The smallest absolute Gasteiger partial charge is 0.275 e. The van der Waals surface area contributed by atoms with Crippen LogP contribution >= 0.6 is 0 Å².